The van der Waals surface area contributed by atoms with Crippen molar-refractivity contribution < 1.29 is 9.59 Å². The number of amides is 2. The van der Waals surface area contributed by atoms with Crippen LogP contribution in [0.2, 0.25) is 0 Å². The van der Waals surface area contributed by atoms with E-state index in [1.807, 2.05) is 4.90 Å². The van der Waals surface area contributed by atoms with Crippen LogP contribution < -0.4 is 11.1 Å². The normalized spacial score (nSPS) is 21.8. The van der Waals surface area contributed by atoms with Gasteiger partial charge in [0.2, 0.25) is 11.8 Å². The molecule has 1 aliphatic heterocycles. The molecule has 2 fully saturated rings. The molecule has 0 bridgehead atoms. The molecule has 23 heavy (non-hydrogen) atoms. The summed E-state index contributed by atoms with van der Waals surface area (Å²) in [5.74, 6) is 1.08. The Morgan fingerprint density at radius 1 is 1.13 bits per heavy atom. The lowest BCUT2D eigenvalue weighted by atomic mass is 9.96. The maximum Gasteiger partial charge on any atom is 0.224 e. The van der Waals surface area contributed by atoms with Crippen molar-refractivity contribution in [3.63, 3.8) is 0 Å². The molecule has 1 aliphatic carbocycles. The quantitative estimate of drug-likeness (QED) is 0.741. The van der Waals surface area contributed by atoms with E-state index in [9.17, 15) is 9.59 Å². The van der Waals surface area contributed by atoms with Crippen molar-refractivity contribution in [2.24, 2.45) is 17.6 Å². The second-order valence-electron chi connectivity index (χ2n) is 6.80. The third-order valence-corrected chi connectivity index (χ3v) is 5.07. The zero-order valence-corrected chi connectivity index (χ0v) is 14.9. The summed E-state index contributed by atoms with van der Waals surface area (Å²) in [5.41, 5.74) is 5.41. The van der Waals surface area contributed by atoms with Crippen molar-refractivity contribution in [1.29, 1.82) is 0 Å². The average Bonchev–Trinajstić information content (AvgIpc) is 3.06. The molecule has 0 aromatic carbocycles. The van der Waals surface area contributed by atoms with E-state index < -0.39 is 0 Å². The van der Waals surface area contributed by atoms with Gasteiger partial charge in [0.1, 0.15) is 0 Å². The summed E-state index contributed by atoms with van der Waals surface area (Å²) < 4.78 is 0. The summed E-state index contributed by atoms with van der Waals surface area (Å²) in [5, 5.41) is 2.84. The van der Waals surface area contributed by atoms with Crippen LogP contribution in [-0.4, -0.2) is 42.9 Å². The fraction of sp³-hybridized carbons (Fsp3) is 0.882. The highest BCUT2D eigenvalue weighted by Gasteiger charge is 2.28. The summed E-state index contributed by atoms with van der Waals surface area (Å²) in [6.07, 6.45) is 10.1. The van der Waals surface area contributed by atoms with E-state index in [1.165, 1.54) is 32.1 Å². The fourth-order valence-electron chi connectivity index (χ4n) is 3.76. The molecule has 2 amide bonds. The predicted octanol–water partition coefficient (Wildman–Crippen LogP) is 2.08. The van der Waals surface area contributed by atoms with Gasteiger partial charge in [-0.05, 0) is 31.6 Å². The highest BCUT2D eigenvalue weighted by Crippen LogP contribution is 2.29. The molecular formula is C17H32ClN3O2. The maximum absolute atomic E-state index is 12.3. The van der Waals surface area contributed by atoms with Crippen LogP contribution >= 0.6 is 12.4 Å². The third kappa shape index (κ3) is 6.68. The van der Waals surface area contributed by atoms with Crippen LogP contribution in [0.15, 0.2) is 0 Å². The molecule has 1 saturated heterocycles. The van der Waals surface area contributed by atoms with Gasteiger partial charge in [0.25, 0.3) is 0 Å². The van der Waals surface area contributed by atoms with Gasteiger partial charge in [-0.3, -0.25) is 9.59 Å². The summed E-state index contributed by atoms with van der Waals surface area (Å²) in [4.78, 5) is 26.2. The molecule has 1 unspecified atom stereocenters. The first-order valence-corrected chi connectivity index (χ1v) is 8.96. The van der Waals surface area contributed by atoms with E-state index in [0.717, 1.165) is 31.7 Å². The van der Waals surface area contributed by atoms with E-state index in [2.05, 4.69) is 5.32 Å². The molecule has 1 heterocycles. The highest BCUT2D eigenvalue weighted by atomic mass is 35.5. The van der Waals surface area contributed by atoms with Gasteiger partial charge in [-0.2, -0.15) is 0 Å². The summed E-state index contributed by atoms with van der Waals surface area (Å²) in [6.45, 7) is 2.37. The highest BCUT2D eigenvalue weighted by molar-refractivity contribution is 5.85. The standard InChI is InChI=1S/C17H31N3O2.ClH/c18-10-11-19-17(22)15-8-4-12-20(13-15)16(21)9-3-7-14-5-1-2-6-14;/h14-15H,1-13,18H2,(H,19,22);1H. The van der Waals surface area contributed by atoms with Gasteiger partial charge in [0, 0.05) is 32.6 Å². The molecule has 0 radical (unpaired) electrons. The predicted molar refractivity (Wildman–Crippen MR) is 94.4 cm³/mol. The first-order valence-electron chi connectivity index (χ1n) is 8.96. The van der Waals surface area contributed by atoms with Gasteiger partial charge in [0.15, 0.2) is 0 Å². The number of carbonyl (C=O) groups is 2. The minimum atomic E-state index is -0.0564. The Morgan fingerprint density at radius 3 is 2.57 bits per heavy atom. The van der Waals surface area contributed by atoms with Crippen LogP contribution in [0.25, 0.3) is 0 Å². The number of rotatable bonds is 7. The average molecular weight is 346 g/mol. The van der Waals surface area contributed by atoms with E-state index in [1.54, 1.807) is 0 Å². The molecule has 2 rings (SSSR count). The van der Waals surface area contributed by atoms with Crippen molar-refractivity contribution >= 4 is 24.2 Å². The fourth-order valence-corrected chi connectivity index (χ4v) is 3.76. The molecule has 0 spiro atoms. The van der Waals surface area contributed by atoms with Gasteiger partial charge in [-0.15, -0.1) is 12.4 Å². The zero-order valence-electron chi connectivity index (χ0n) is 14.1. The van der Waals surface area contributed by atoms with Gasteiger partial charge in [-0.1, -0.05) is 25.7 Å². The van der Waals surface area contributed by atoms with Gasteiger partial charge < -0.3 is 16.0 Å². The lowest BCUT2D eigenvalue weighted by Gasteiger charge is -2.32. The van der Waals surface area contributed by atoms with Crippen molar-refractivity contribution in [3.05, 3.63) is 0 Å². The monoisotopic (exact) mass is 345 g/mol. The van der Waals surface area contributed by atoms with E-state index in [4.69, 9.17) is 5.73 Å². The first-order chi connectivity index (χ1) is 10.7. The Morgan fingerprint density at radius 2 is 1.87 bits per heavy atom. The number of nitrogens with two attached hydrogens (primary N) is 1. The second-order valence-corrected chi connectivity index (χ2v) is 6.80. The molecule has 3 N–H and O–H groups in total. The Labute approximate surface area is 146 Å². The van der Waals surface area contributed by atoms with Crippen molar-refractivity contribution in [2.75, 3.05) is 26.2 Å². The maximum atomic E-state index is 12.3. The Kier molecular flexibility index (Phi) is 9.56. The number of piperidine rings is 1. The van der Waals surface area contributed by atoms with Crippen molar-refractivity contribution in [3.8, 4) is 0 Å². The molecule has 5 nitrogen and oxygen atoms in total. The molecule has 2 aliphatic rings. The number of nitrogens with zero attached hydrogens (tertiary/aromatic N) is 1. The van der Waals surface area contributed by atoms with Crippen LogP contribution in [0.3, 0.4) is 0 Å². The van der Waals surface area contributed by atoms with Crippen LogP contribution in [0.1, 0.15) is 57.8 Å². The minimum Gasteiger partial charge on any atom is -0.355 e. The molecule has 134 valence electrons. The van der Waals surface area contributed by atoms with Gasteiger partial charge in [0.05, 0.1) is 5.92 Å². The second kappa shape index (κ2) is 10.9. The molecule has 1 saturated carbocycles. The van der Waals surface area contributed by atoms with Crippen LogP contribution in [0.5, 0.6) is 0 Å². The number of likely N-dealkylation sites (tertiary alicyclic amines) is 1. The molecule has 1 atom stereocenters. The summed E-state index contributed by atoms with van der Waals surface area (Å²) in [6, 6.07) is 0. The molecule has 0 aromatic rings. The van der Waals surface area contributed by atoms with Crippen molar-refractivity contribution in [1.82, 2.24) is 10.2 Å². The number of halogens is 1. The number of hydrogen-bond acceptors (Lipinski definition) is 3. The first kappa shape index (κ1) is 20.2. The number of hydrogen-bond donors (Lipinski definition) is 2. The zero-order chi connectivity index (χ0) is 15.8. The Hall–Kier alpha value is -0.810. The molecule has 6 heteroatoms. The summed E-state index contributed by atoms with van der Waals surface area (Å²) >= 11 is 0. The number of carbonyl (C=O) groups excluding carboxylic acids is 2. The molecule has 0 aromatic heterocycles. The van der Waals surface area contributed by atoms with Gasteiger partial charge in [-0.25, -0.2) is 0 Å². The van der Waals surface area contributed by atoms with Crippen LogP contribution in [0.4, 0.5) is 0 Å². The third-order valence-electron chi connectivity index (χ3n) is 5.07. The smallest absolute Gasteiger partial charge is 0.224 e. The SMILES string of the molecule is Cl.NCCNC(=O)C1CCCN(C(=O)CCCC2CCCC2)C1. The van der Waals surface area contributed by atoms with E-state index in [0.29, 0.717) is 26.1 Å². The Bertz CT molecular complexity index is 373. The topological polar surface area (TPSA) is 75.4 Å². The number of nitrogens with one attached hydrogen (secondary N) is 1. The lowest BCUT2D eigenvalue weighted by molar-refractivity contribution is -0.135. The van der Waals surface area contributed by atoms with Crippen LogP contribution in [-0.2, 0) is 9.59 Å². The minimum absolute atomic E-state index is 0. The Balaban J connectivity index is 0.00000264. The molecular weight excluding hydrogens is 314 g/mol. The van der Waals surface area contributed by atoms with Crippen molar-refractivity contribution in [2.45, 2.75) is 57.8 Å². The van der Waals surface area contributed by atoms with Crippen LogP contribution in [0, 0.1) is 11.8 Å². The van der Waals surface area contributed by atoms with Gasteiger partial charge >= 0.3 is 0 Å². The largest absolute Gasteiger partial charge is 0.355 e. The van der Waals surface area contributed by atoms with E-state index >= 15 is 0 Å². The van der Waals surface area contributed by atoms with E-state index in [-0.39, 0.29) is 30.1 Å². The summed E-state index contributed by atoms with van der Waals surface area (Å²) in [7, 11) is 0. The lowest BCUT2D eigenvalue weighted by Crippen LogP contribution is -2.46.